The minimum absolute atomic E-state index is 0.0436. The maximum Gasteiger partial charge on any atom is 0.136 e. The Bertz CT molecular complexity index is 3300. The van der Waals surface area contributed by atoms with Crippen molar-refractivity contribution in [3.8, 4) is 16.8 Å². The molecule has 272 valence electrons. The molecule has 1 aliphatic heterocycles. The smallest absolute Gasteiger partial charge is 0.136 e. The lowest BCUT2D eigenvalue weighted by atomic mass is 9.95. The molecule has 0 saturated heterocycles. The number of benzene rings is 7. The number of hydrogen-bond donors (Lipinski definition) is 2. The highest BCUT2D eigenvalue weighted by Crippen LogP contribution is 2.38. The molecule has 7 aromatic carbocycles. The lowest BCUT2D eigenvalue weighted by Crippen LogP contribution is -2.47. The maximum atomic E-state index is 6.57. The molecule has 2 aliphatic rings. The number of para-hydroxylation sites is 2. The summed E-state index contributed by atoms with van der Waals surface area (Å²) in [6.45, 7) is 0. The quantitative estimate of drug-likeness (QED) is 0.184. The number of nitrogens with zero attached hydrogens (tertiary/aromatic N) is 2. The lowest BCUT2D eigenvalue weighted by molar-refractivity contribution is 0.401. The van der Waals surface area contributed by atoms with Crippen molar-refractivity contribution in [2.45, 2.75) is 18.8 Å². The lowest BCUT2D eigenvalue weighted by Gasteiger charge is -2.34. The molecule has 3 atom stereocenters. The van der Waals surface area contributed by atoms with Gasteiger partial charge in [0.2, 0.25) is 0 Å². The Hall–Kier alpha value is -6.73. The molecular weight excluding hydrogens is 717 g/mol. The van der Waals surface area contributed by atoms with Gasteiger partial charge in [-0.25, -0.2) is 4.99 Å². The summed E-state index contributed by atoms with van der Waals surface area (Å²) in [5.74, 6) is 1.16. The Morgan fingerprint density at radius 1 is 0.614 bits per heavy atom. The minimum Gasteiger partial charge on any atom is -0.456 e. The summed E-state index contributed by atoms with van der Waals surface area (Å²) in [5, 5.41) is 14.9. The number of rotatable bonds is 5. The van der Waals surface area contributed by atoms with Gasteiger partial charge in [-0.05, 0) is 76.4 Å². The Morgan fingerprint density at radius 3 is 2.12 bits per heavy atom. The Balaban J connectivity index is 0.925. The highest BCUT2D eigenvalue weighted by molar-refractivity contribution is 7.17. The second kappa shape index (κ2) is 12.9. The third-order valence-corrected chi connectivity index (χ3v) is 13.0. The summed E-state index contributed by atoms with van der Waals surface area (Å²) >= 11 is 1.88. The number of fused-ring (bicyclic) bond motifs is 9. The Kier molecular flexibility index (Phi) is 7.37. The molecule has 2 N–H and O–H groups in total. The van der Waals surface area contributed by atoms with Gasteiger partial charge in [0.25, 0.3) is 0 Å². The summed E-state index contributed by atoms with van der Waals surface area (Å²) < 4.78 is 11.6. The second-order valence-electron chi connectivity index (χ2n) is 15.1. The van der Waals surface area contributed by atoms with Gasteiger partial charge in [0.15, 0.2) is 0 Å². The average Bonchev–Trinajstić information content (AvgIpc) is 3.95. The van der Waals surface area contributed by atoms with Crippen molar-refractivity contribution in [2.75, 3.05) is 0 Å². The number of nitrogens with one attached hydrogen (secondary N) is 2. The van der Waals surface area contributed by atoms with Crippen LogP contribution in [0.4, 0.5) is 0 Å². The van der Waals surface area contributed by atoms with Crippen LogP contribution in [-0.2, 0) is 0 Å². The molecule has 0 bridgehead atoms. The van der Waals surface area contributed by atoms with Crippen LogP contribution in [0.2, 0.25) is 0 Å². The van der Waals surface area contributed by atoms with Crippen molar-refractivity contribution in [1.29, 1.82) is 0 Å². The predicted molar refractivity (Wildman–Crippen MR) is 237 cm³/mol. The van der Waals surface area contributed by atoms with Gasteiger partial charge in [-0.15, -0.1) is 11.3 Å². The third kappa shape index (κ3) is 5.29. The number of aliphatic imine (C=N–C) groups is 1. The van der Waals surface area contributed by atoms with E-state index in [1.165, 1.54) is 52.8 Å². The van der Waals surface area contributed by atoms with Crippen molar-refractivity contribution in [2.24, 2.45) is 10.9 Å². The number of aromatic nitrogens is 1. The van der Waals surface area contributed by atoms with Crippen LogP contribution in [-0.4, -0.2) is 10.4 Å². The van der Waals surface area contributed by atoms with Crippen LogP contribution in [0.3, 0.4) is 0 Å². The molecule has 1 aliphatic carbocycles. The molecule has 5 nitrogen and oxygen atoms in total. The van der Waals surface area contributed by atoms with Gasteiger partial charge in [0.05, 0.1) is 11.0 Å². The molecule has 3 aromatic heterocycles. The molecule has 0 radical (unpaired) electrons. The van der Waals surface area contributed by atoms with E-state index in [-0.39, 0.29) is 18.2 Å². The number of hydrogen-bond acceptors (Lipinski definition) is 5. The fourth-order valence-corrected chi connectivity index (χ4v) is 10.3. The molecule has 4 heterocycles. The van der Waals surface area contributed by atoms with E-state index in [0.717, 1.165) is 51.0 Å². The van der Waals surface area contributed by atoms with Gasteiger partial charge in [0.1, 0.15) is 29.3 Å². The van der Waals surface area contributed by atoms with E-state index in [0.29, 0.717) is 0 Å². The number of amidine groups is 1. The first-order valence-electron chi connectivity index (χ1n) is 19.6. The van der Waals surface area contributed by atoms with Crippen LogP contribution < -0.4 is 20.4 Å². The van der Waals surface area contributed by atoms with Crippen LogP contribution in [0.5, 0.6) is 0 Å². The summed E-state index contributed by atoms with van der Waals surface area (Å²) in [4.78, 5) is 5.28. The highest BCUT2D eigenvalue weighted by atomic mass is 32.1. The van der Waals surface area contributed by atoms with Gasteiger partial charge in [-0.3, -0.25) is 5.32 Å². The standard InChI is InChI=1S/C51H36N4OS/c1-3-12-31(13-4-1)49-52-50(32-14-5-2-6-15-32)54-51(53-49)34-23-27-47-42(28-34)40-19-11-18-36(48(40)57-47)33-22-25-39-41-30-35(24-26-45(41)56-46(39)29-33)55-43-20-9-7-16-37(43)38-17-8-10-21-44(38)55/h1-22,24-30,34,49-50,52H,23H2,(H,53,54). The molecule has 0 amide bonds. The van der Waals surface area contributed by atoms with Crippen LogP contribution in [0.25, 0.3) is 82.8 Å². The van der Waals surface area contributed by atoms with Gasteiger partial charge in [0, 0.05) is 47.8 Å². The average molecular weight is 753 g/mol. The van der Waals surface area contributed by atoms with Crippen LogP contribution >= 0.6 is 11.3 Å². The molecule has 6 heteroatoms. The fourth-order valence-electron chi connectivity index (χ4n) is 9.07. The summed E-state index contributed by atoms with van der Waals surface area (Å²) in [6, 6.07) is 58.5. The topological polar surface area (TPSA) is 54.5 Å². The summed E-state index contributed by atoms with van der Waals surface area (Å²) in [6.07, 6.45) is 5.56. The van der Waals surface area contributed by atoms with E-state index < -0.39 is 0 Å². The molecule has 57 heavy (non-hydrogen) atoms. The van der Waals surface area contributed by atoms with Crippen molar-refractivity contribution in [3.05, 3.63) is 185 Å². The molecule has 0 saturated carbocycles. The first-order chi connectivity index (χ1) is 28.2. The van der Waals surface area contributed by atoms with Crippen LogP contribution in [0, 0.1) is 5.92 Å². The van der Waals surface area contributed by atoms with E-state index in [2.05, 4.69) is 191 Å². The molecule has 0 fully saturated rings. The Labute approximate surface area is 332 Å². The number of thiophene rings is 1. The monoisotopic (exact) mass is 752 g/mol. The normalized spacial score (nSPS) is 18.0. The molecule has 12 rings (SSSR count). The zero-order chi connectivity index (χ0) is 37.5. The largest absolute Gasteiger partial charge is 0.456 e. The Morgan fingerprint density at radius 2 is 1.33 bits per heavy atom. The van der Waals surface area contributed by atoms with Crippen molar-refractivity contribution < 1.29 is 4.42 Å². The molecular formula is C51H36N4OS. The fraction of sp³-hybridized carbons (Fsp3) is 0.0784. The third-order valence-electron chi connectivity index (χ3n) is 11.8. The summed E-state index contributed by atoms with van der Waals surface area (Å²) in [5.41, 5.74) is 10.1. The van der Waals surface area contributed by atoms with Crippen LogP contribution in [0.15, 0.2) is 173 Å². The second-order valence-corrected chi connectivity index (χ2v) is 16.2. The van der Waals surface area contributed by atoms with E-state index in [4.69, 9.17) is 9.41 Å². The van der Waals surface area contributed by atoms with Gasteiger partial charge in [-0.2, -0.15) is 0 Å². The van der Waals surface area contributed by atoms with Crippen molar-refractivity contribution >= 4 is 83.2 Å². The van der Waals surface area contributed by atoms with E-state index in [9.17, 15) is 0 Å². The predicted octanol–water partition coefficient (Wildman–Crippen LogP) is 11.1. The van der Waals surface area contributed by atoms with Gasteiger partial charge in [-0.1, -0.05) is 133 Å². The first kappa shape index (κ1) is 32.5. The van der Waals surface area contributed by atoms with E-state index in [1.807, 2.05) is 11.3 Å². The molecule has 3 unspecified atom stereocenters. The van der Waals surface area contributed by atoms with Gasteiger partial charge >= 0.3 is 0 Å². The van der Waals surface area contributed by atoms with Crippen LogP contribution in [0.1, 0.15) is 29.9 Å². The number of furan rings is 1. The summed E-state index contributed by atoms with van der Waals surface area (Å²) in [7, 11) is 0. The van der Waals surface area contributed by atoms with E-state index >= 15 is 0 Å². The highest BCUT2D eigenvalue weighted by Gasteiger charge is 2.28. The van der Waals surface area contributed by atoms with E-state index in [1.54, 1.807) is 0 Å². The SMILES string of the molecule is C1=c2sc3c(-c4ccc5c(c4)oc4ccc(-n6c7ccccc7c7ccccc76)cc45)cccc3c2=CC(C2=NC(c3ccccc3)NC(c3ccccc3)N2)C1. The van der Waals surface area contributed by atoms with Crippen molar-refractivity contribution in [3.63, 3.8) is 0 Å². The minimum atomic E-state index is -0.137. The zero-order valence-corrected chi connectivity index (χ0v) is 31.7. The molecule has 0 spiro atoms. The first-order valence-corrected chi connectivity index (χ1v) is 20.4. The van der Waals surface area contributed by atoms with Gasteiger partial charge < -0.3 is 14.3 Å². The van der Waals surface area contributed by atoms with Crippen molar-refractivity contribution in [1.82, 2.24) is 15.2 Å². The maximum absolute atomic E-state index is 6.57. The molecule has 10 aromatic rings. The zero-order valence-electron chi connectivity index (χ0n) is 30.9.